The number of hydrogen-bond acceptors (Lipinski definition) is 1. The SMILES string of the molecule is OC1C=CC=CC1(c1ccccc1)c1ccccc1. The van der Waals surface area contributed by atoms with Gasteiger partial charge in [0, 0.05) is 0 Å². The molecule has 0 bridgehead atoms. The summed E-state index contributed by atoms with van der Waals surface area (Å²) in [4.78, 5) is 0. The highest BCUT2D eigenvalue weighted by Crippen LogP contribution is 2.39. The lowest BCUT2D eigenvalue weighted by Crippen LogP contribution is -2.38. The largest absolute Gasteiger partial charge is 0.387 e. The molecule has 0 aliphatic heterocycles. The summed E-state index contributed by atoms with van der Waals surface area (Å²) in [5, 5.41) is 10.6. The van der Waals surface area contributed by atoms with Crippen LogP contribution in [0.25, 0.3) is 0 Å². The molecule has 94 valence electrons. The first-order valence-corrected chi connectivity index (χ1v) is 6.49. The van der Waals surface area contributed by atoms with Gasteiger partial charge < -0.3 is 5.11 Å². The molecule has 1 aliphatic rings. The van der Waals surface area contributed by atoms with Crippen LogP contribution in [0.3, 0.4) is 0 Å². The Kier molecular flexibility index (Phi) is 3.06. The molecular formula is C18H16O. The molecule has 1 unspecified atom stereocenters. The Bertz CT molecular complexity index is 557. The standard InChI is InChI=1S/C18H16O/c19-17-13-7-8-14-18(17,15-9-3-1-4-10-15)16-11-5-2-6-12-16/h1-14,17,19H. The van der Waals surface area contributed by atoms with E-state index in [1.54, 1.807) is 0 Å². The van der Waals surface area contributed by atoms with Gasteiger partial charge in [0.05, 0.1) is 11.5 Å². The van der Waals surface area contributed by atoms with Crippen LogP contribution in [-0.2, 0) is 5.41 Å². The molecule has 1 nitrogen and oxygen atoms in total. The van der Waals surface area contributed by atoms with Crippen LogP contribution in [-0.4, -0.2) is 11.2 Å². The van der Waals surface area contributed by atoms with Crippen molar-refractivity contribution in [2.75, 3.05) is 0 Å². The lowest BCUT2D eigenvalue weighted by atomic mass is 9.68. The van der Waals surface area contributed by atoms with Crippen molar-refractivity contribution < 1.29 is 5.11 Å². The minimum absolute atomic E-state index is 0.489. The average molecular weight is 248 g/mol. The first-order chi connectivity index (χ1) is 9.34. The highest BCUT2D eigenvalue weighted by atomic mass is 16.3. The fraction of sp³-hybridized carbons (Fsp3) is 0.111. The molecule has 0 saturated carbocycles. The monoisotopic (exact) mass is 248 g/mol. The van der Waals surface area contributed by atoms with E-state index >= 15 is 0 Å². The van der Waals surface area contributed by atoms with E-state index in [2.05, 4.69) is 30.3 Å². The Labute approximate surface area is 113 Å². The van der Waals surface area contributed by atoms with Crippen LogP contribution in [0.2, 0.25) is 0 Å². The quantitative estimate of drug-likeness (QED) is 0.863. The Morgan fingerprint density at radius 3 is 1.74 bits per heavy atom. The summed E-state index contributed by atoms with van der Waals surface area (Å²) in [6, 6.07) is 20.3. The summed E-state index contributed by atoms with van der Waals surface area (Å²) in [7, 11) is 0. The number of aliphatic hydroxyl groups is 1. The van der Waals surface area contributed by atoms with Gasteiger partial charge in [-0.05, 0) is 11.1 Å². The van der Waals surface area contributed by atoms with Crippen LogP contribution in [0, 0.1) is 0 Å². The molecule has 2 aromatic rings. The van der Waals surface area contributed by atoms with Gasteiger partial charge >= 0.3 is 0 Å². The van der Waals surface area contributed by atoms with Crippen molar-refractivity contribution in [1.82, 2.24) is 0 Å². The molecule has 1 atom stereocenters. The Balaban J connectivity index is 2.23. The van der Waals surface area contributed by atoms with Gasteiger partial charge in [0.15, 0.2) is 0 Å². The third-order valence-electron chi connectivity index (χ3n) is 3.73. The van der Waals surface area contributed by atoms with E-state index in [4.69, 9.17) is 0 Å². The highest BCUT2D eigenvalue weighted by molar-refractivity contribution is 5.49. The Hall–Kier alpha value is -2.12. The van der Waals surface area contributed by atoms with Crippen LogP contribution < -0.4 is 0 Å². The minimum Gasteiger partial charge on any atom is -0.387 e. The summed E-state index contributed by atoms with van der Waals surface area (Å²) in [6.45, 7) is 0. The fourth-order valence-corrected chi connectivity index (χ4v) is 2.76. The van der Waals surface area contributed by atoms with Gasteiger partial charge in [-0.3, -0.25) is 0 Å². The minimum atomic E-state index is -0.553. The van der Waals surface area contributed by atoms with E-state index in [1.807, 2.05) is 54.6 Å². The lowest BCUT2D eigenvalue weighted by Gasteiger charge is -2.37. The van der Waals surface area contributed by atoms with Gasteiger partial charge in [-0.1, -0.05) is 85.0 Å². The first kappa shape index (κ1) is 11.9. The Morgan fingerprint density at radius 2 is 1.26 bits per heavy atom. The Morgan fingerprint density at radius 1 is 0.737 bits per heavy atom. The second kappa shape index (κ2) is 4.87. The van der Waals surface area contributed by atoms with E-state index in [-0.39, 0.29) is 0 Å². The summed E-state index contributed by atoms with van der Waals surface area (Å²) >= 11 is 0. The van der Waals surface area contributed by atoms with Crippen LogP contribution in [0.4, 0.5) is 0 Å². The van der Waals surface area contributed by atoms with Crippen molar-refractivity contribution in [3.05, 3.63) is 96.1 Å². The molecule has 1 aliphatic carbocycles. The maximum atomic E-state index is 10.6. The summed E-state index contributed by atoms with van der Waals surface area (Å²) in [5.41, 5.74) is 1.72. The molecule has 0 heterocycles. The predicted molar refractivity (Wildman–Crippen MR) is 78.0 cm³/mol. The summed E-state index contributed by atoms with van der Waals surface area (Å²) in [5.74, 6) is 0. The zero-order valence-electron chi connectivity index (χ0n) is 10.6. The molecule has 0 saturated heterocycles. The zero-order valence-corrected chi connectivity index (χ0v) is 10.6. The molecule has 0 amide bonds. The van der Waals surface area contributed by atoms with Crippen molar-refractivity contribution in [3.8, 4) is 0 Å². The van der Waals surface area contributed by atoms with Crippen LogP contribution in [0.1, 0.15) is 11.1 Å². The number of aliphatic hydroxyl groups excluding tert-OH is 1. The molecule has 0 radical (unpaired) electrons. The van der Waals surface area contributed by atoms with Gasteiger partial charge in [0.25, 0.3) is 0 Å². The van der Waals surface area contributed by atoms with Crippen molar-refractivity contribution in [2.24, 2.45) is 0 Å². The molecule has 3 rings (SSSR count). The zero-order chi connectivity index (χ0) is 13.1. The molecule has 19 heavy (non-hydrogen) atoms. The topological polar surface area (TPSA) is 20.2 Å². The third kappa shape index (κ3) is 1.92. The second-order valence-electron chi connectivity index (χ2n) is 4.79. The van der Waals surface area contributed by atoms with Gasteiger partial charge in [-0.2, -0.15) is 0 Å². The number of rotatable bonds is 2. The van der Waals surface area contributed by atoms with Crippen LogP contribution in [0.5, 0.6) is 0 Å². The number of allylic oxidation sites excluding steroid dienone is 2. The van der Waals surface area contributed by atoms with Crippen molar-refractivity contribution >= 4 is 0 Å². The van der Waals surface area contributed by atoms with Crippen molar-refractivity contribution in [2.45, 2.75) is 11.5 Å². The molecule has 0 aromatic heterocycles. The lowest BCUT2D eigenvalue weighted by molar-refractivity contribution is 0.170. The van der Waals surface area contributed by atoms with E-state index in [1.165, 1.54) is 0 Å². The van der Waals surface area contributed by atoms with Crippen molar-refractivity contribution in [1.29, 1.82) is 0 Å². The third-order valence-corrected chi connectivity index (χ3v) is 3.73. The second-order valence-corrected chi connectivity index (χ2v) is 4.79. The predicted octanol–water partition coefficient (Wildman–Crippen LogP) is 3.46. The first-order valence-electron chi connectivity index (χ1n) is 6.49. The molecule has 1 heteroatoms. The van der Waals surface area contributed by atoms with Crippen LogP contribution >= 0.6 is 0 Å². The maximum Gasteiger partial charge on any atom is 0.0896 e. The van der Waals surface area contributed by atoms with Crippen LogP contribution in [0.15, 0.2) is 85.0 Å². The normalized spacial score (nSPS) is 20.4. The van der Waals surface area contributed by atoms with Crippen molar-refractivity contribution in [3.63, 3.8) is 0 Å². The molecule has 0 fully saturated rings. The van der Waals surface area contributed by atoms with Gasteiger partial charge in [0.1, 0.15) is 0 Å². The summed E-state index contributed by atoms with van der Waals surface area (Å²) in [6.07, 6.45) is 7.28. The molecule has 1 N–H and O–H groups in total. The van der Waals surface area contributed by atoms with E-state index in [9.17, 15) is 5.11 Å². The van der Waals surface area contributed by atoms with Gasteiger partial charge in [-0.25, -0.2) is 0 Å². The van der Waals surface area contributed by atoms with E-state index < -0.39 is 11.5 Å². The average Bonchev–Trinajstić information content (AvgIpc) is 2.50. The van der Waals surface area contributed by atoms with E-state index in [0.29, 0.717) is 0 Å². The molecule has 0 spiro atoms. The molecular weight excluding hydrogens is 232 g/mol. The van der Waals surface area contributed by atoms with Gasteiger partial charge in [-0.15, -0.1) is 0 Å². The fourth-order valence-electron chi connectivity index (χ4n) is 2.76. The van der Waals surface area contributed by atoms with E-state index in [0.717, 1.165) is 11.1 Å². The smallest absolute Gasteiger partial charge is 0.0896 e. The highest BCUT2D eigenvalue weighted by Gasteiger charge is 2.38. The van der Waals surface area contributed by atoms with Gasteiger partial charge in [0.2, 0.25) is 0 Å². The number of benzene rings is 2. The summed E-state index contributed by atoms with van der Waals surface area (Å²) < 4.78 is 0. The maximum absolute atomic E-state index is 10.6. The molecule has 2 aromatic carbocycles. The number of hydrogen-bond donors (Lipinski definition) is 1.